The molecule has 2 atom stereocenters. The maximum Gasteiger partial charge on any atom is 0.310 e. The lowest BCUT2D eigenvalue weighted by atomic mass is 9.53. The fourth-order valence-corrected chi connectivity index (χ4v) is 8.59. The van der Waals surface area contributed by atoms with Gasteiger partial charge in [-0.05, 0) is 107 Å². The summed E-state index contributed by atoms with van der Waals surface area (Å²) in [6.45, 7) is 15.3. The minimum atomic E-state index is -9.75. The summed E-state index contributed by atoms with van der Waals surface area (Å²) in [5.74, 6) is 0.0878. The van der Waals surface area contributed by atoms with Gasteiger partial charge in [0.2, 0.25) is 0 Å². The quantitative estimate of drug-likeness (QED) is 0.185. The van der Waals surface area contributed by atoms with Gasteiger partial charge in [-0.15, -0.1) is 0 Å². The Morgan fingerprint density at radius 1 is 1.05 bits per heavy atom. The summed E-state index contributed by atoms with van der Waals surface area (Å²) < 4.78 is 73.8. The third-order valence-corrected chi connectivity index (χ3v) is 15.5. The highest BCUT2D eigenvalue weighted by molar-refractivity contribution is 14.1. The van der Waals surface area contributed by atoms with Crippen LogP contribution in [0.1, 0.15) is 94.5 Å². The normalized spacial score (nSPS) is 26.5. The van der Waals surface area contributed by atoms with Crippen LogP contribution in [-0.2, 0) is 10.8 Å². The Morgan fingerprint density at radius 3 is 2.10 bits per heavy atom. The molecule has 0 aliphatic heterocycles. The van der Waals surface area contributed by atoms with Crippen LogP contribution in [0.4, 0.5) is 19.4 Å². The molecule has 1 heterocycles. The lowest BCUT2D eigenvalue weighted by molar-refractivity contribution is -0.0663. The van der Waals surface area contributed by atoms with Crippen LogP contribution in [0.15, 0.2) is 35.2 Å². The van der Waals surface area contributed by atoms with E-state index in [-0.39, 0.29) is 34.0 Å². The zero-order chi connectivity index (χ0) is 29.5. The second-order valence-electron chi connectivity index (χ2n) is 13.4. The number of aliphatic hydroxyl groups is 1. The summed E-state index contributed by atoms with van der Waals surface area (Å²) in [5.41, 5.74) is 3.31. The fourth-order valence-electron chi connectivity index (χ4n) is 5.70. The van der Waals surface area contributed by atoms with Crippen LogP contribution in [0.25, 0.3) is 0 Å². The van der Waals surface area contributed by atoms with E-state index in [1.807, 2.05) is 0 Å². The number of fused-ring (bicyclic) bond motifs is 1. The van der Waals surface area contributed by atoms with E-state index >= 15 is 0 Å². The molecule has 39 heavy (non-hydrogen) atoms. The number of pyridine rings is 1. The van der Waals surface area contributed by atoms with Crippen molar-refractivity contribution in [3.63, 3.8) is 0 Å². The zero-order valence-electron chi connectivity index (χ0n) is 23.5. The molecule has 2 aliphatic rings. The second-order valence-corrected chi connectivity index (χ2v) is 21.8. The zero-order valence-corrected chi connectivity index (χ0v) is 27.5. The summed E-state index contributed by atoms with van der Waals surface area (Å²) in [4.78, 5) is 3.12. The van der Waals surface area contributed by atoms with Crippen molar-refractivity contribution in [2.45, 2.75) is 101 Å². The summed E-state index contributed by atoms with van der Waals surface area (Å²) in [6.07, 6.45) is 1.72. The Balaban J connectivity index is 1.60. The van der Waals surface area contributed by atoms with Crippen LogP contribution in [0, 0.1) is 14.9 Å². The molecule has 0 radical (unpaired) electrons. The first-order valence-electron chi connectivity index (χ1n) is 13.3. The number of hydrogen-bond acceptors (Lipinski definition) is 3. The summed E-state index contributed by atoms with van der Waals surface area (Å²) in [6, 6.07) is 4.86. The maximum atomic E-state index is 13.1. The molecule has 2 aliphatic carbocycles. The van der Waals surface area contributed by atoms with E-state index in [2.05, 4.69) is 76.4 Å². The number of aliphatic hydroxyl groups excluding tert-OH is 1. The topological polar surface area (TPSA) is 42.4 Å². The van der Waals surface area contributed by atoms with Gasteiger partial charge in [-0.3, -0.25) is 4.98 Å². The van der Waals surface area contributed by atoms with Crippen LogP contribution < -0.4 is 0 Å². The second kappa shape index (κ2) is 9.12. The molecule has 220 valence electrons. The van der Waals surface area contributed by atoms with Gasteiger partial charge in [-0.25, -0.2) is 0 Å². The average Bonchev–Trinajstić information content (AvgIpc) is 2.73. The van der Waals surface area contributed by atoms with Gasteiger partial charge in [0.25, 0.3) is 0 Å². The van der Waals surface area contributed by atoms with E-state index in [1.165, 1.54) is 0 Å². The van der Waals surface area contributed by atoms with E-state index in [0.717, 1.165) is 45.5 Å². The predicted octanol–water partition coefficient (Wildman–Crippen LogP) is 10.6. The highest BCUT2D eigenvalue weighted by Gasteiger charge is 2.65. The van der Waals surface area contributed by atoms with E-state index in [1.54, 1.807) is 0 Å². The molecular formula is C28H39F5INO2SSi. The van der Waals surface area contributed by atoms with Crippen LogP contribution >= 0.6 is 32.8 Å². The van der Waals surface area contributed by atoms with Crippen molar-refractivity contribution in [2.24, 2.45) is 11.3 Å². The largest absolute Gasteiger partial charge is 0.410 e. The third kappa shape index (κ3) is 6.36. The number of aromatic nitrogens is 1. The number of hydrogen-bond donors (Lipinski definition) is 1. The Morgan fingerprint density at radius 2 is 1.62 bits per heavy atom. The summed E-state index contributed by atoms with van der Waals surface area (Å²) in [5, 5.41) is 11.0. The Kier molecular flexibility index (Phi) is 7.29. The van der Waals surface area contributed by atoms with E-state index in [0.29, 0.717) is 25.0 Å². The minimum absolute atomic E-state index is 0.0221. The molecule has 3 nitrogen and oxygen atoms in total. The highest BCUT2D eigenvalue weighted by Crippen LogP contribution is 3.02. The molecule has 1 saturated carbocycles. The van der Waals surface area contributed by atoms with Gasteiger partial charge in [-0.1, -0.05) is 66.2 Å². The van der Waals surface area contributed by atoms with Crippen LogP contribution in [0.2, 0.25) is 18.1 Å². The van der Waals surface area contributed by atoms with Crippen molar-refractivity contribution in [2.75, 3.05) is 0 Å². The molecule has 1 N–H and O–H groups in total. The first-order valence-corrected chi connectivity index (χ1v) is 19.2. The van der Waals surface area contributed by atoms with Crippen molar-refractivity contribution in [1.29, 1.82) is 0 Å². The predicted molar refractivity (Wildman–Crippen MR) is 158 cm³/mol. The molecule has 0 bridgehead atoms. The lowest BCUT2D eigenvalue weighted by Crippen LogP contribution is -2.49. The van der Waals surface area contributed by atoms with E-state index in [4.69, 9.17) is 9.41 Å². The lowest BCUT2D eigenvalue weighted by Gasteiger charge is -2.54. The van der Waals surface area contributed by atoms with Crippen molar-refractivity contribution >= 4 is 41.1 Å². The smallest absolute Gasteiger partial charge is 0.310 e. The molecule has 4 rings (SSSR count). The molecule has 1 spiro atoms. The molecule has 0 amide bonds. The third-order valence-electron chi connectivity index (χ3n) is 8.93. The minimum Gasteiger partial charge on any atom is -0.410 e. The monoisotopic (exact) mass is 703 g/mol. The number of halogens is 6. The Bertz CT molecular complexity index is 1260. The van der Waals surface area contributed by atoms with Gasteiger partial charge in [0.05, 0.1) is 12.2 Å². The molecule has 0 unspecified atom stereocenters. The first-order chi connectivity index (χ1) is 17.4. The SMILES string of the molecule is CC(C)c1cc(I)c2c(n1)CC1(CC([C@H](O)c3ccc(S(F)(F)(F)(F)F)cc3)C1)C[C@@H]2O[Si](C)(C)C(C)(C)C. The van der Waals surface area contributed by atoms with Crippen LogP contribution in [0.5, 0.6) is 0 Å². The molecular weight excluding hydrogens is 664 g/mol. The van der Waals surface area contributed by atoms with Crippen LogP contribution in [-0.4, -0.2) is 18.4 Å². The Labute approximate surface area is 243 Å². The van der Waals surface area contributed by atoms with Gasteiger partial charge < -0.3 is 9.53 Å². The van der Waals surface area contributed by atoms with Gasteiger partial charge in [0.15, 0.2) is 8.32 Å². The van der Waals surface area contributed by atoms with Crippen molar-refractivity contribution in [3.05, 3.63) is 56.4 Å². The van der Waals surface area contributed by atoms with Crippen LogP contribution in [0.3, 0.4) is 0 Å². The average molecular weight is 704 g/mol. The first kappa shape index (κ1) is 31.2. The highest BCUT2D eigenvalue weighted by atomic mass is 127. The molecule has 1 aromatic carbocycles. The maximum absolute atomic E-state index is 13.1. The van der Waals surface area contributed by atoms with Gasteiger partial charge in [0.1, 0.15) is 4.90 Å². The number of rotatable bonds is 6. The molecule has 2 aromatic rings. The van der Waals surface area contributed by atoms with Gasteiger partial charge >= 0.3 is 10.2 Å². The van der Waals surface area contributed by atoms with Crippen molar-refractivity contribution < 1.29 is 29.0 Å². The molecule has 1 fully saturated rings. The van der Waals surface area contributed by atoms with Crippen molar-refractivity contribution in [3.8, 4) is 0 Å². The molecule has 1 aromatic heterocycles. The van der Waals surface area contributed by atoms with Gasteiger partial charge in [-0.2, -0.15) is 0 Å². The standard InChI is InChI=1S/C28H39F5INO2SSi/c1-17(2)22-12-21(34)25-23(35-22)15-28(16-24(25)37-39(6,7)27(3,4)5)13-19(14-28)26(36)18-8-10-20(11-9-18)38(29,30,31,32)33/h8-12,17,19,24,26,36H,13-16H2,1-7H3/t19?,24-,26+,28?/m0/s1. The van der Waals surface area contributed by atoms with Crippen molar-refractivity contribution in [1.82, 2.24) is 4.98 Å². The number of benzene rings is 1. The van der Waals surface area contributed by atoms with E-state index < -0.39 is 29.5 Å². The van der Waals surface area contributed by atoms with E-state index in [9.17, 15) is 24.5 Å². The van der Waals surface area contributed by atoms with Gasteiger partial charge in [0, 0.05) is 20.5 Å². The molecule has 11 heteroatoms. The fraction of sp³-hybridized carbons (Fsp3) is 0.607. The Hall–Kier alpha value is -0.763. The number of nitrogens with zero attached hydrogens (tertiary/aromatic N) is 1. The summed E-state index contributed by atoms with van der Waals surface area (Å²) in [7, 11) is -11.9. The summed E-state index contributed by atoms with van der Waals surface area (Å²) >= 11 is 2.39. The molecule has 0 saturated heterocycles.